The molecule has 178 valence electrons. The van der Waals surface area contributed by atoms with Crippen molar-refractivity contribution in [2.24, 2.45) is 5.73 Å². The highest BCUT2D eigenvalue weighted by molar-refractivity contribution is 7.91. The van der Waals surface area contributed by atoms with Crippen molar-refractivity contribution in [2.45, 2.75) is 16.7 Å². The van der Waals surface area contributed by atoms with Crippen LogP contribution in [0.25, 0.3) is 11.1 Å². The third-order valence-electron chi connectivity index (χ3n) is 5.73. The van der Waals surface area contributed by atoms with Gasteiger partial charge in [-0.2, -0.15) is 0 Å². The molecule has 0 heterocycles. The van der Waals surface area contributed by atoms with Gasteiger partial charge in [0, 0.05) is 12.1 Å². The molecule has 4 aromatic carbocycles. The second kappa shape index (κ2) is 10.6. The summed E-state index contributed by atoms with van der Waals surface area (Å²) in [5.41, 5.74) is 9.17. The van der Waals surface area contributed by atoms with E-state index in [1.807, 2.05) is 30.3 Å². The highest BCUT2D eigenvalue weighted by atomic mass is 32.2. The van der Waals surface area contributed by atoms with Crippen molar-refractivity contribution in [3.8, 4) is 11.1 Å². The van der Waals surface area contributed by atoms with Gasteiger partial charge in [-0.1, -0.05) is 78.9 Å². The zero-order valence-corrected chi connectivity index (χ0v) is 19.7. The lowest BCUT2D eigenvalue weighted by Gasteiger charge is -2.19. The van der Waals surface area contributed by atoms with E-state index < -0.39 is 21.0 Å². The molecule has 0 saturated heterocycles. The smallest absolute Gasteiger partial charge is 0.251 e. The maximum Gasteiger partial charge on any atom is 0.251 e. The quantitative estimate of drug-likeness (QED) is 0.369. The fourth-order valence-electron chi connectivity index (χ4n) is 3.92. The summed E-state index contributed by atoms with van der Waals surface area (Å²) in [6.45, 7) is 0.451. The monoisotopic (exact) mass is 488 g/mol. The molecule has 1 atom stereocenters. The summed E-state index contributed by atoms with van der Waals surface area (Å²) >= 11 is 0. The van der Waals surface area contributed by atoms with Gasteiger partial charge in [-0.25, -0.2) is 12.8 Å². The summed E-state index contributed by atoms with van der Waals surface area (Å²) in [6, 6.07) is 28.4. The maximum absolute atomic E-state index is 13.7. The largest absolute Gasteiger partial charge is 0.352 e. The average Bonchev–Trinajstić information content (AvgIpc) is 2.89. The molecule has 0 bridgehead atoms. The Labute approximate surface area is 204 Å². The molecule has 0 aliphatic rings. The number of hydrogen-bond acceptors (Lipinski definition) is 4. The van der Waals surface area contributed by atoms with Crippen molar-refractivity contribution in [3.63, 3.8) is 0 Å². The van der Waals surface area contributed by atoms with Crippen LogP contribution in [-0.2, 0) is 16.3 Å². The van der Waals surface area contributed by atoms with Crippen LogP contribution in [0.2, 0.25) is 0 Å². The molecular formula is C28H25FN2O3S. The summed E-state index contributed by atoms with van der Waals surface area (Å²) < 4.78 is 40.1. The first-order chi connectivity index (χ1) is 16.9. The SMILES string of the molecule is NC(c1ccccc1-c1ccccc1C(=O)NCCc1ccccc1)S(=O)(=O)c1cccc(F)c1. The van der Waals surface area contributed by atoms with Crippen LogP contribution in [0.3, 0.4) is 0 Å². The molecule has 4 aromatic rings. The number of halogens is 1. The summed E-state index contributed by atoms with van der Waals surface area (Å²) in [6.07, 6.45) is 0.683. The van der Waals surface area contributed by atoms with E-state index in [0.717, 1.165) is 11.6 Å². The lowest BCUT2D eigenvalue weighted by Crippen LogP contribution is -2.26. The third-order valence-corrected chi connectivity index (χ3v) is 7.56. The zero-order chi connectivity index (χ0) is 24.8. The average molecular weight is 489 g/mol. The Balaban J connectivity index is 1.64. The van der Waals surface area contributed by atoms with Crippen molar-refractivity contribution in [3.05, 3.63) is 126 Å². The normalized spacial score (nSPS) is 12.2. The van der Waals surface area contributed by atoms with Gasteiger partial charge in [0.2, 0.25) is 0 Å². The van der Waals surface area contributed by atoms with E-state index in [9.17, 15) is 17.6 Å². The number of hydrogen-bond donors (Lipinski definition) is 2. The van der Waals surface area contributed by atoms with Gasteiger partial charge in [0.1, 0.15) is 11.2 Å². The highest BCUT2D eigenvalue weighted by Gasteiger charge is 2.28. The van der Waals surface area contributed by atoms with Crippen molar-refractivity contribution < 1.29 is 17.6 Å². The van der Waals surface area contributed by atoms with E-state index in [1.165, 1.54) is 18.2 Å². The van der Waals surface area contributed by atoms with Crippen LogP contribution >= 0.6 is 0 Å². The minimum atomic E-state index is -4.09. The lowest BCUT2D eigenvalue weighted by molar-refractivity contribution is 0.0954. The minimum absolute atomic E-state index is 0.202. The van der Waals surface area contributed by atoms with E-state index in [4.69, 9.17) is 5.73 Å². The third kappa shape index (κ3) is 5.48. The molecule has 0 spiro atoms. The van der Waals surface area contributed by atoms with Gasteiger partial charge in [0.05, 0.1) is 4.90 Å². The van der Waals surface area contributed by atoms with Crippen LogP contribution in [0.15, 0.2) is 108 Å². The Morgan fingerprint density at radius 3 is 2.23 bits per heavy atom. The first-order valence-corrected chi connectivity index (χ1v) is 12.7. The lowest BCUT2D eigenvalue weighted by atomic mass is 9.95. The maximum atomic E-state index is 13.7. The standard InChI is InChI=1S/C28H25FN2O3S/c29-21-11-8-12-22(19-21)35(33,34)27(30)25-15-6-4-13-23(25)24-14-5-7-16-26(24)28(32)31-18-17-20-9-2-1-3-10-20/h1-16,19,27H,17-18,30H2,(H,31,32). The molecule has 0 saturated carbocycles. The van der Waals surface area contributed by atoms with Gasteiger partial charge in [0.25, 0.3) is 5.91 Å². The van der Waals surface area contributed by atoms with Crippen LogP contribution in [0.4, 0.5) is 4.39 Å². The molecule has 5 nitrogen and oxygen atoms in total. The Bertz CT molecular complexity index is 1440. The molecule has 1 amide bonds. The van der Waals surface area contributed by atoms with E-state index in [-0.39, 0.29) is 10.8 Å². The van der Waals surface area contributed by atoms with Gasteiger partial charge in [-0.3, -0.25) is 4.79 Å². The predicted octanol–water partition coefficient (Wildman–Crippen LogP) is 4.90. The second-order valence-electron chi connectivity index (χ2n) is 8.05. The van der Waals surface area contributed by atoms with Gasteiger partial charge < -0.3 is 11.1 Å². The van der Waals surface area contributed by atoms with E-state index in [0.29, 0.717) is 35.2 Å². The van der Waals surface area contributed by atoms with Gasteiger partial charge in [-0.15, -0.1) is 0 Å². The van der Waals surface area contributed by atoms with Crippen molar-refractivity contribution in [2.75, 3.05) is 6.54 Å². The number of carbonyl (C=O) groups is 1. The first kappa shape index (κ1) is 24.3. The molecule has 0 radical (unpaired) electrons. The first-order valence-electron chi connectivity index (χ1n) is 11.1. The highest BCUT2D eigenvalue weighted by Crippen LogP contribution is 2.34. The van der Waals surface area contributed by atoms with Crippen LogP contribution < -0.4 is 11.1 Å². The topological polar surface area (TPSA) is 89.3 Å². The van der Waals surface area contributed by atoms with E-state index in [1.54, 1.807) is 48.5 Å². The number of carbonyl (C=O) groups excluding carboxylic acids is 1. The Hall–Kier alpha value is -3.81. The molecule has 0 aliphatic heterocycles. The number of nitrogens with one attached hydrogen (secondary N) is 1. The van der Waals surface area contributed by atoms with Crippen molar-refractivity contribution >= 4 is 15.7 Å². The Morgan fingerprint density at radius 2 is 1.49 bits per heavy atom. The number of benzene rings is 4. The molecule has 7 heteroatoms. The van der Waals surface area contributed by atoms with Crippen LogP contribution in [-0.4, -0.2) is 20.9 Å². The fraction of sp³-hybridized carbons (Fsp3) is 0.107. The number of nitrogens with two attached hydrogens (primary N) is 1. The van der Waals surface area contributed by atoms with Crippen LogP contribution in [0.5, 0.6) is 0 Å². The molecule has 3 N–H and O–H groups in total. The Kier molecular flexibility index (Phi) is 7.39. The van der Waals surface area contributed by atoms with Gasteiger partial charge in [-0.05, 0) is 52.9 Å². The van der Waals surface area contributed by atoms with Gasteiger partial charge in [0.15, 0.2) is 9.84 Å². The molecule has 0 aromatic heterocycles. The van der Waals surface area contributed by atoms with Gasteiger partial charge >= 0.3 is 0 Å². The summed E-state index contributed by atoms with van der Waals surface area (Å²) in [4.78, 5) is 12.9. The molecular weight excluding hydrogens is 463 g/mol. The number of sulfone groups is 1. The zero-order valence-electron chi connectivity index (χ0n) is 18.9. The second-order valence-corrected chi connectivity index (χ2v) is 10.1. The molecule has 1 unspecified atom stereocenters. The van der Waals surface area contributed by atoms with E-state index in [2.05, 4.69) is 5.32 Å². The van der Waals surface area contributed by atoms with Crippen molar-refractivity contribution in [1.82, 2.24) is 5.32 Å². The summed E-state index contributed by atoms with van der Waals surface area (Å²) in [5, 5.41) is 1.49. The Morgan fingerprint density at radius 1 is 0.829 bits per heavy atom. The fourth-order valence-corrected chi connectivity index (χ4v) is 5.30. The molecule has 4 rings (SSSR count). The van der Waals surface area contributed by atoms with Crippen molar-refractivity contribution in [1.29, 1.82) is 0 Å². The molecule has 0 fully saturated rings. The number of rotatable bonds is 8. The molecule has 0 aliphatic carbocycles. The predicted molar refractivity (Wildman–Crippen MR) is 135 cm³/mol. The number of amides is 1. The van der Waals surface area contributed by atoms with Crippen LogP contribution in [0.1, 0.15) is 26.9 Å². The molecule has 35 heavy (non-hydrogen) atoms. The van der Waals surface area contributed by atoms with Crippen LogP contribution in [0, 0.1) is 5.82 Å². The van der Waals surface area contributed by atoms with E-state index >= 15 is 0 Å². The minimum Gasteiger partial charge on any atom is -0.352 e. The summed E-state index contributed by atoms with van der Waals surface area (Å²) in [7, 11) is -4.09. The summed E-state index contributed by atoms with van der Waals surface area (Å²) in [5.74, 6) is -0.933.